The monoisotopic (exact) mass is 282 g/mol. The first-order chi connectivity index (χ1) is 9.06. The van der Waals surface area contributed by atoms with E-state index >= 15 is 0 Å². The number of nitrogens with one attached hydrogen (secondary N) is 1. The lowest BCUT2D eigenvalue weighted by molar-refractivity contribution is -0.385. The van der Waals surface area contributed by atoms with Gasteiger partial charge in [0.25, 0.3) is 11.6 Å². The molecule has 1 aromatic rings. The normalized spacial score (nSPS) is 9.89. The SMILES string of the molecule is C=CCSCCNC(=O)c1cc(O)ccc1[N+](=O)[O-]. The van der Waals surface area contributed by atoms with Gasteiger partial charge in [-0.15, -0.1) is 6.58 Å². The van der Waals surface area contributed by atoms with Crippen LogP contribution in [0.2, 0.25) is 0 Å². The Morgan fingerprint density at radius 3 is 2.95 bits per heavy atom. The van der Waals surface area contributed by atoms with Crippen LogP contribution in [0, 0.1) is 10.1 Å². The minimum atomic E-state index is -0.652. The number of benzene rings is 1. The van der Waals surface area contributed by atoms with Crippen molar-refractivity contribution in [2.45, 2.75) is 0 Å². The highest BCUT2D eigenvalue weighted by molar-refractivity contribution is 7.99. The maximum atomic E-state index is 11.8. The molecule has 0 aromatic heterocycles. The van der Waals surface area contributed by atoms with Crippen LogP contribution < -0.4 is 5.32 Å². The van der Waals surface area contributed by atoms with E-state index in [1.165, 1.54) is 6.07 Å². The van der Waals surface area contributed by atoms with Crippen molar-refractivity contribution in [2.75, 3.05) is 18.1 Å². The zero-order chi connectivity index (χ0) is 14.3. The largest absolute Gasteiger partial charge is 0.508 e. The lowest BCUT2D eigenvalue weighted by Gasteiger charge is -2.05. The van der Waals surface area contributed by atoms with Gasteiger partial charge in [-0.05, 0) is 12.1 Å². The molecule has 0 saturated carbocycles. The van der Waals surface area contributed by atoms with E-state index in [0.29, 0.717) is 12.3 Å². The minimum Gasteiger partial charge on any atom is -0.508 e. The Hall–Kier alpha value is -2.02. The second-order valence-corrected chi connectivity index (χ2v) is 4.73. The third-order valence-electron chi connectivity index (χ3n) is 2.19. The molecule has 0 aliphatic rings. The average Bonchev–Trinajstić information content (AvgIpc) is 2.37. The van der Waals surface area contributed by atoms with Crippen molar-refractivity contribution in [3.8, 4) is 5.75 Å². The number of nitrogens with zero attached hydrogens (tertiary/aromatic N) is 1. The summed E-state index contributed by atoms with van der Waals surface area (Å²) in [4.78, 5) is 21.9. The summed E-state index contributed by atoms with van der Waals surface area (Å²) in [6.45, 7) is 3.96. The van der Waals surface area contributed by atoms with Crippen molar-refractivity contribution in [2.24, 2.45) is 0 Å². The second-order valence-electron chi connectivity index (χ2n) is 3.58. The number of amides is 1. The van der Waals surface area contributed by atoms with E-state index in [9.17, 15) is 20.0 Å². The topological polar surface area (TPSA) is 92.5 Å². The summed E-state index contributed by atoms with van der Waals surface area (Å²) in [5.41, 5.74) is -0.465. The molecule has 0 radical (unpaired) electrons. The molecule has 0 heterocycles. The molecule has 1 rings (SSSR count). The third kappa shape index (κ3) is 4.63. The predicted molar refractivity (Wildman–Crippen MR) is 74.6 cm³/mol. The molecule has 19 heavy (non-hydrogen) atoms. The van der Waals surface area contributed by atoms with Crippen LogP contribution in [0.3, 0.4) is 0 Å². The minimum absolute atomic E-state index is 0.140. The highest BCUT2D eigenvalue weighted by Crippen LogP contribution is 2.23. The van der Waals surface area contributed by atoms with E-state index in [1.54, 1.807) is 17.8 Å². The van der Waals surface area contributed by atoms with Crippen molar-refractivity contribution in [3.63, 3.8) is 0 Å². The van der Waals surface area contributed by atoms with Crippen LogP contribution in [0.15, 0.2) is 30.9 Å². The van der Waals surface area contributed by atoms with E-state index in [0.717, 1.165) is 17.9 Å². The summed E-state index contributed by atoms with van der Waals surface area (Å²) < 4.78 is 0. The zero-order valence-corrected chi connectivity index (χ0v) is 11.0. The number of phenolic OH excluding ortho intramolecular Hbond substituents is 1. The van der Waals surface area contributed by atoms with E-state index < -0.39 is 10.8 Å². The van der Waals surface area contributed by atoms with E-state index in [2.05, 4.69) is 11.9 Å². The Labute approximate surface area is 114 Å². The maximum Gasteiger partial charge on any atom is 0.282 e. The quantitative estimate of drug-likeness (QED) is 0.345. The van der Waals surface area contributed by atoms with Gasteiger partial charge in [-0.1, -0.05) is 6.08 Å². The van der Waals surface area contributed by atoms with Crippen LogP contribution in [-0.4, -0.2) is 34.0 Å². The molecule has 2 N–H and O–H groups in total. The van der Waals surface area contributed by atoms with Gasteiger partial charge in [0.1, 0.15) is 11.3 Å². The average molecular weight is 282 g/mol. The van der Waals surface area contributed by atoms with Gasteiger partial charge in [0.2, 0.25) is 0 Å². The summed E-state index contributed by atoms with van der Waals surface area (Å²) in [5.74, 6) is 0.713. The molecule has 0 spiro atoms. The van der Waals surface area contributed by atoms with Crippen molar-refractivity contribution in [1.29, 1.82) is 0 Å². The lowest BCUT2D eigenvalue weighted by Crippen LogP contribution is -2.26. The van der Waals surface area contributed by atoms with Crippen LogP contribution >= 0.6 is 11.8 Å². The fraction of sp³-hybridized carbons (Fsp3) is 0.250. The summed E-state index contributed by atoms with van der Waals surface area (Å²) in [7, 11) is 0. The van der Waals surface area contributed by atoms with Crippen LogP contribution in [0.5, 0.6) is 5.75 Å². The van der Waals surface area contributed by atoms with Gasteiger partial charge in [0, 0.05) is 24.1 Å². The summed E-state index contributed by atoms with van der Waals surface area (Å²) in [6.07, 6.45) is 1.76. The van der Waals surface area contributed by atoms with Gasteiger partial charge in [0.05, 0.1) is 4.92 Å². The molecule has 102 valence electrons. The smallest absolute Gasteiger partial charge is 0.282 e. The highest BCUT2D eigenvalue weighted by Gasteiger charge is 2.20. The van der Waals surface area contributed by atoms with Crippen LogP contribution in [0.4, 0.5) is 5.69 Å². The molecule has 0 fully saturated rings. The van der Waals surface area contributed by atoms with Gasteiger partial charge < -0.3 is 10.4 Å². The molecule has 0 aliphatic carbocycles. The van der Waals surface area contributed by atoms with Crippen LogP contribution in [0.1, 0.15) is 10.4 Å². The Kier molecular flexibility index (Phi) is 5.87. The van der Waals surface area contributed by atoms with Crippen molar-refractivity contribution in [1.82, 2.24) is 5.32 Å². The molecule has 1 aromatic carbocycles. The Balaban J connectivity index is 2.68. The first-order valence-corrected chi connectivity index (χ1v) is 6.66. The predicted octanol–water partition coefficient (Wildman–Crippen LogP) is 1.95. The molecule has 1 amide bonds. The van der Waals surface area contributed by atoms with Crippen molar-refractivity contribution in [3.05, 3.63) is 46.5 Å². The molecule has 0 bridgehead atoms. The van der Waals surface area contributed by atoms with Gasteiger partial charge in [-0.2, -0.15) is 11.8 Å². The van der Waals surface area contributed by atoms with Gasteiger partial charge in [0.15, 0.2) is 0 Å². The fourth-order valence-electron chi connectivity index (χ4n) is 1.36. The molecule has 6 nitrogen and oxygen atoms in total. The number of carbonyl (C=O) groups is 1. The molecule has 7 heteroatoms. The van der Waals surface area contributed by atoms with Gasteiger partial charge >= 0.3 is 0 Å². The first kappa shape index (κ1) is 15.0. The fourth-order valence-corrected chi connectivity index (χ4v) is 1.94. The Morgan fingerprint density at radius 1 is 1.58 bits per heavy atom. The Morgan fingerprint density at radius 2 is 2.32 bits per heavy atom. The summed E-state index contributed by atoms with van der Waals surface area (Å²) in [5, 5.41) is 22.6. The number of rotatable bonds is 7. The molecule has 0 unspecified atom stereocenters. The lowest BCUT2D eigenvalue weighted by atomic mass is 10.1. The zero-order valence-electron chi connectivity index (χ0n) is 10.2. The van der Waals surface area contributed by atoms with E-state index in [-0.39, 0.29) is 17.0 Å². The number of hydrogen-bond acceptors (Lipinski definition) is 5. The number of phenols is 1. The standard InChI is InChI=1S/C12H14N2O4S/c1-2-6-19-7-5-13-12(16)10-8-9(15)3-4-11(10)14(17)18/h2-4,8,15H,1,5-7H2,(H,13,16). The summed E-state index contributed by atoms with van der Waals surface area (Å²) in [6, 6.07) is 3.37. The number of thioether (sulfide) groups is 1. The van der Waals surface area contributed by atoms with Crippen LogP contribution in [-0.2, 0) is 0 Å². The number of nitro groups is 1. The van der Waals surface area contributed by atoms with Crippen molar-refractivity contribution >= 4 is 23.4 Å². The van der Waals surface area contributed by atoms with E-state index in [1.807, 2.05) is 0 Å². The van der Waals surface area contributed by atoms with Gasteiger partial charge in [-0.25, -0.2) is 0 Å². The van der Waals surface area contributed by atoms with Crippen molar-refractivity contribution < 1.29 is 14.8 Å². The Bertz CT molecular complexity index is 491. The number of nitro benzene ring substituents is 1. The molecular formula is C12H14N2O4S. The van der Waals surface area contributed by atoms with Crippen LogP contribution in [0.25, 0.3) is 0 Å². The molecule has 0 aliphatic heterocycles. The summed E-state index contributed by atoms with van der Waals surface area (Å²) >= 11 is 1.59. The number of carbonyl (C=O) groups excluding carboxylic acids is 1. The first-order valence-electron chi connectivity index (χ1n) is 5.50. The maximum absolute atomic E-state index is 11.8. The highest BCUT2D eigenvalue weighted by atomic mass is 32.2. The van der Waals surface area contributed by atoms with E-state index in [4.69, 9.17) is 0 Å². The molecular weight excluding hydrogens is 268 g/mol. The number of hydrogen-bond donors (Lipinski definition) is 2. The molecule has 0 saturated heterocycles. The third-order valence-corrected chi connectivity index (χ3v) is 3.15. The molecule has 0 atom stereocenters. The second kappa shape index (κ2) is 7.42. The van der Waals surface area contributed by atoms with Gasteiger partial charge in [-0.3, -0.25) is 14.9 Å². The number of aromatic hydroxyl groups is 1.